The second-order valence-electron chi connectivity index (χ2n) is 2.08. The Balaban J connectivity index is 3.30. The Morgan fingerprint density at radius 1 is 1.33 bits per heavy atom. The van der Waals surface area contributed by atoms with Crippen LogP contribution in [0.4, 0.5) is 0 Å². The van der Waals surface area contributed by atoms with Crippen LogP contribution in [0.2, 0.25) is 0 Å². The van der Waals surface area contributed by atoms with Crippen molar-refractivity contribution in [2.45, 2.75) is 26.2 Å². The first-order valence-electron chi connectivity index (χ1n) is 3.25. The van der Waals surface area contributed by atoms with Crippen molar-refractivity contribution in [2.24, 2.45) is 5.92 Å². The van der Waals surface area contributed by atoms with Crippen LogP contribution in [0.5, 0.6) is 0 Å². The average Bonchev–Trinajstić information content (AvgIpc) is 1.91. The van der Waals surface area contributed by atoms with Crippen molar-refractivity contribution in [1.82, 2.24) is 0 Å². The molecule has 0 saturated heterocycles. The summed E-state index contributed by atoms with van der Waals surface area (Å²) in [7, 11) is 0. The zero-order valence-electron chi connectivity index (χ0n) is 5.67. The molecule has 0 spiro atoms. The van der Waals surface area contributed by atoms with Gasteiger partial charge < -0.3 is 9.59 Å². The fraction of sp³-hybridized carbons (Fsp3) is 0.714. The van der Waals surface area contributed by atoms with E-state index in [2.05, 4.69) is 0 Å². The molecule has 0 bridgehead atoms. The Kier molecular flexibility index (Phi) is 5.07. The van der Waals surface area contributed by atoms with Crippen molar-refractivity contribution >= 4 is 12.6 Å². The van der Waals surface area contributed by atoms with Crippen LogP contribution in [0.3, 0.4) is 0 Å². The predicted octanol–water partition coefficient (Wildman–Crippen LogP) is 1.19. The highest BCUT2D eigenvalue weighted by molar-refractivity contribution is 5.77. The summed E-state index contributed by atoms with van der Waals surface area (Å²) in [6.45, 7) is 2.03. The van der Waals surface area contributed by atoms with E-state index in [0.717, 1.165) is 12.8 Å². The molecule has 0 saturated carbocycles. The molecule has 0 aromatic carbocycles. The summed E-state index contributed by atoms with van der Waals surface area (Å²) in [4.78, 5) is 20.0. The molecule has 0 radical (unpaired) electrons. The number of hydrogen-bond donors (Lipinski definition) is 0. The van der Waals surface area contributed by atoms with E-state index in [1.54, 1.807) is 0 Å². The Hall–Kier alpha value is -0.660. The van der Waals surface area contributed by atoms with E-state index in [0.29, 0.717) is 19.0 Å². The molecule has 0 atom stereocenters. The fourth-order valence-corrected chi connectivity index (χ4v) is 0.608. The Bertz CT molecular complexity index is 80.9. The summed E-state index contributed by atoms with van der Waals surface area (Å²) in [5, 5.41) is 0. The van der Waals surface area contributed by atoms with Crippen LogP contribution < -0.4 is 0 Å². The molecule has 0 aliphatic carbocycles. The van der Waals surface area contributed by atoms with E-state index in [4.69, 9.17) is 0 Å². The Morgan fingerprint density at radius 3 is 2.22 bits per heavy atom. The molecule has 0 N–H and O–H groups in total. The third-order valence-electron chi connectivity index (χ3n) is 1.24. The van der Waals surface area contributed by atoms with Gasteiger partial charge in [-0.1, -0.05) is 19.8 Å². The Labute approximate surface area is 55.3 Å². The molecule has 0 heterocycles. The number of rotatable bonds is 5. The lowest BCUT2D eigenvalue weighted by atomic mass is 10.1. The Morgan fingerprint density at radius 2 is 1.89 bits per heavy atom. The quantitative estimate of drug-likeness (QED) is 0.411. The van der Waals surface area contributed by atoms with Gasteiger partial charge in [0.2, 0.25) is 0 Å². The van der Waals surface area contributed by atoms with Crippen LogP contribution in [0.25, 0.3) is 0 Å². The maximum absolute atomic E-state index is 10.0. The molecule has 0 amide bonds. The third-order valence-corrected chi connectivity index (χ3v) is 1.24. The molecule has 0 aliphatic heterocycles. The van der Waals surface area contributed by atoms with Gasteiger partial charge in [-0.3, -0.25) is 0 Å². The van der Waals surface area contributed by atoms with Crippen molar-refractivity contribution in [3.63, 3.8) is 0 Å². The first-order chi connectivity index (χ1) is 4.35. The van der Waals surface area contributed by atoms with Crippen LogP contribution in [-0.2, 0) is 9.59 Å². The van der Waals surface area contributed by atoms with Crippen LogP contribution in [0, 0.1) is 5.92 Å². The molecule has 0 rings (SSSR count). The molecule has 0 aromatic rings. The summed E-state index contributed by atoms with van der Waals surface area (Å²) in [6, 6.07) is 0. The monoisotopic (exact) mass is 128 g/mol. The largest absolute Gasteiger partial charge is 0.303 e. The first-order valence-corrected chi connectivity index (χ1v) is 3.25. The minimum Gasteiger partial charge on any atom is -0.303 e. The zero-order valence-corrected chi connectivity index (χ0v) is 5.67. The summed E-state index contributed by atoms with van der Waals surface area (Å²) >= 11 is 0. The second kappa shape index (κ2) is 5.48. The normalized spacial score (nSPS) is 9.56. The minimum atomic E-state index is -0.357. The van der Waals surface area contributed by atoms with E-state index in [1.165, 1.54) is 0 Å². The lowest BCUT2D eigenvalue weighted by molar-refractivity contribution is -0.119. The molecule has 2 nitrogen and oxygen atoms in total. The number of aldehydes is 2. The fourth-order valence-electron chi connectivity index (χ4n) is 0.608. The molecule has 0 aromatic heterocycles. The first kappa shape index (κ1) is 8.34. The van der Waals surface area contributed by atoms with E-state index in [-0.39, 0.29) is 5.92 Å². The van der Waals surface area contributed by atoms with Crippen molar-refractivity contribution < 1.29 is 9.59 Å². The molecule has 0 aliphatic rings. The smallest absolute Gasteiger partial charge is 0.130 e. The summed E-state index contributed by atoms with van der Waals surface area (Å²) in [5.41, 5.74) is 0. The standard InChI is InChI=1S/C7H12O2/c1-2-3-4-7(5-8)6-9/h5-7H,2-4H2,1H3. The zero-order chi connectivity index (χ0) is 7.11. The van der Waals surface area contributed by atoms with Gasteiger partial charge in [-0.2, -0.15) is 0 Å². The van der Waals surface area contributed by atoms with Crippen molar-refractivity contribution in [3.05, 3.63) is 0 Å². The van der Waals surface area contributed by atoms with Gasteiger partial charge >= 0.3 is 0 Å². The molecular weight excluding hydrogens is 116 g/mol. The number of hydrogen-bond acceptors (Lipinski definition) is 2. The lowest BCUT2D eigenvalue weighted by Gasteiger charge is -1.96. The van der Waals surface area contributed by atoms with Gasteiger partial charge in [-0.05, 0) is 6.42 Å². The lowest BCUT2D eigenvalue weighted by Crippen LogP contribution is -2.02. The molecule has 0 fully saturated rings. The number of carbonyl (C=O) groups excluding carboxylic acids is 2. The second-order valence-corrected chi connectivity index (χ2v) is 2.08. The van der Waals surface area contributed by atoms with E-state index < -0.39 is 0 Å². The van der Waals surface area contributed by atoms with E-state index in [1.807, 2.05) is 6.92 Å². The molecule has 2 heteroatoms. The predicted molar refractivity (Wildman–Crippen MR) is 35.1 cm³/mol. The highest BCUT2D eigenvalue weighted by atomic mass is 16.1. The van der Waals surface area contributed by atoms with Crippen molar-refractivity contribution in [1.29, 1.82) is 0 Å². The topological polar surface area (TPSA) is 34.1 Å². The van der Waals surface area contributed by atoms with E-state index >= 15 is 0 Å². The van der Waals surface area contributed by atoms with Crippen molar-refractivity contribution in [2.75, 3.05) is 0 Å². The molecule has 0 unspecified atom stereocenters. The number of carbonyl (C=O) groups is 2. The van der Waals surface area contributed by atoms with Crippen LogP contribution in [0.1, 0.15) is 26.2 Å². The van der Waals surface area contributed by atoms with Gasteiger partial charge in [0.1, 0.15) is 12.6 Å². The summed E-state index contributed by atoms with van der Waals surface area (Å²) < 4.78 is 0. The summed E-state index contributed by atoms with van der Waals surface area (Å²) in [5.74, 6) is -0.357. The van der Waals surface area contributed by atoms with Gasteiger partial charge in [-0.25, -0.2) is 0 Å². The third kappa shape index (κ3) is 3.88. The van der Waals surface area contributed by atoms with Crippen LogP contribution >= 0.6 is 0 Å². The van der Waals surface area contributed by atoms with Crippen LogP contribution in [-0.4, -0.2) is 12.6 Å². The highest BCUT2D eigenvalue weighted by Crippen LogP contribution is 2.01. The maximum atomic E-state index is 10.0. The molecule has 52 valence electrons. The molecular formula is C7H12O2. The molecule has 9 heavy (non-hydrogen) atoms. The SMILES string of the molecule is CCCCC(C=O)C=O. The van der Waals surface area contributed by atoms with Crippen LogP contribution in [0.15, 0.2) is 0 Å². The summed E-state index contributed by atoms with van der Waals surface area (Å²) in [6.07, 6.45) is 4.13. The minimum absolute atomic E-state index is 0.357. The maximum Gasteiger partial charge on any atom is 0.130 e. The van der Waals surface area contributed by atoms with Gasteiger partial charge in [-0.15, -0.1) is 0 Å². The van der Waals surface area contributed by atoms with Gasteiger partial charge in [0, 0.05) is 0 Å². The van der Waals surface area contributed by atoms with Gasteiger partial charge in [0.25, 0.3) is 0 Å². The highest BCUT2D eigenvalue weighted by Gasteiger charge is 2.02. The van der Waals surface area contributed by atoms with Gasteiger partial charge in [0.15, 0.2) is 0 Å². The van der Waals surface area contributed by atoms with E-state index in [9.17, 15) is 9.59 Å². The number of unbranched alkanes of at least 4 members (excludes halogenated alkanes) is 1. The average molecular weight is 128 g/mol. The van der Waals surface area contributed by atoms with Crippen molar-refractivity contribution in [3.8, 4) is 0 Å². The van der Waals surface area contributed by atoms with Gasteiger partial charge in [0.05, 0.1) is 5.92 Å².